The van der Waals surface area contributed by atoms with Crippen molar-refractivity contribution in [3.63, 3.8) is 0 Å². The molecule has 0 amide bonds. The molecule has 2 N–H and O–H groups in total. The first-order valence-electron chi connectivity index (χ1n) is 5.00. The van der Waals surface area contributed by atoms with Crippen LogP contribution in [0.5, 0.6) is 0 Å². The van der Waals surface area contributed by atoms with E-state index in [-0.39, 0.29) is 16.3 Å². The number of carboxylic acids is 1. The summed E-state index contributed by atoms with van der Waals surface area (Å²) < 4.78 is 0. The molecule has 10 heteroatoms. The number of nitrogens with one attached hydrogen (secondary N) is 1. The van der Waals surface area contributed by atoms with Crippen LogP contribution in [-0.4, -0.2) is 38.7 Å². The lowest BCUT2D eigenvalue weighted by Gasteiger charge is -2.12. The summed E-state index contributed by atoms with van der Waals surface area (Å²) >= 11 is 0.683. The van der Waals surface area contributed by atoms with Gasteiger partial charge in [-0.25, -0.2) is 19.7 Å². The summed E-state index contributed by atoms with van der Waals surface area (Å²) in [5.74, 6) is -2.61. The number of thioether (sulfide) groups is 1. The number of rotatable bonds is 3. The monoisotopic (exact) mass is 299 g/mol. The van der Waals surface area contributed by atoms with Crippen molar-refractivity contribution in [2.24, 2.45) is 0 Å². The summed E-state index contributed by atoms with van der Waals surface area (Å²) in [6.07, 6.45) is 1.39. The highest BCUT2D eigenvalue weighted by atomic mass is 32.2. The van der Waals surface area contributed by atoms with Crippen molar-refractivity contribution >= 4 is 28.9 Å². The summed E-state index contributed by atoms with van der Waals surface area (Å²) in [4.78, 5) is 37.8. The number of hydrogen-bond donors (Lipinski definition) is 2. The molecule has 106 valence electrons. The number of nitro groups is 1. The summed E-state index contributed by atoms with van der Waals surface area (Å²) in [5.41, 5.74) is -0.697. The van der Waals surface area contributed by atoms with Crippen LogP contribution >= 0.6 is 11.8 Å². The Morgan fingerprint density at radius 3 is 2.40 bits per heavy atom. The third-order valence-corrected chi connectivity index (χ3v) is 2.61. The standard InChI is InChI=1S/C10H9N3O6S/c1-20-10(11)12(13(17)18)19-9(16)7-5-3-2-4-6(7)8(14)15/h2-5,11H,1H3,(H,14,15). The lowest BCUT2D eigenvalue weighted by atomic mass is 10.1. The van der Waals surface area contributed by atoms with Crippen LogP contribution in [0, 0.1) is 15.5 Å². The molecule has 0 unspecified atom stereocenters. The number of hydrazine groups is 1. The van der Waals surface area contributed by atoms with Crippen LogP contribution in [0.2, 0.25) is 0 Å². The van der Waals surface area contributed by atoms with Gasteiger partial charge < -0.3 is 5.11 Å². The van der Waals surface area contributed by atoms with Crippen molar-refractivity contribution in [1.82, 2.24) is 5.17 Å². The first-order chi connectivity index (χ1) is 9.38. The van der Waals surface area contributed by atoms with Gasteiger partial charge >= 0.3 is 11.9 Å². The number of hydroxylamine groups is 1. The summed E-state index contributed by atoms with van der Waals surface area (Å²) in [6.45, 7) is 0. The van der Waals surface area contributed by atoms with E-state index in [0.29, 0.717) is 11.8 Å². The molecule has 0 heterocycles. The van der Waals surface area contributed by atoms with Gasteiger partial charge in [0.05, 0.1) is 11.1 Å². The molecule has 0 fully saturated rings. The SMILES string of the molecule is CSC(=N)N(OC(=O)c1ccccc1C(=O)O)[N+](=O)[O-]. The predicted molar refractivity (Wildman–Crippen MR) is 68.9 cm³/mol. The van der Waals surface area contributed by atoms with Crippen LogP contribution in [0.3, 0.4) is 0 Å². The quantitative estimate of drug-likeness (QED) is 0.368. The zero-order chi connectivity index (χ0) is 15.3. The van der Waals surface area contributed by atoms with Gasteiger partial charge in [0.25, 0.3) is 5.17 Å². The highest BCUT2D eigenvalue weighted by Gasteiger charge is 2.28. The Bertz CT molecular complexity index is 576. The Morgan fingerprint density at radius 1 is 1.40 bits per heavy atom. The van der Waals surface area contributed by atoms with Gasteiger partial charge in [-0.1, -0.05) is 23.9 Å². The number of carboxylic acid groups (broad SMARTS) is 1. The molecule has 9 nitrogen and oxygen atoms in total. The van der Waals surface area contributed by atoms with Crippen molar-refractivity contribution in [2.45, 2.75) is 0 Å². The summed E-state index contributed by atoms with van der Waals surface area (Å²) in [7, 11) is 0. The molecule has 0 radical (unpaired) electrons. The van der Waals surface area contributed by atoms with Gasteiger partial charge in [-0.15, -0.1) is 0 Å². The molecule has 1 aromatic rings. The first-order valence-corrected chi connectivity index (χ1v) is 6.22. The molecular formula is C10H9N3O6S. The number of carbonyl (C=O) groups is 2. The average Bonchev–Trinajstić information content (AvgIpc) is 2.43. The van der Waals surface area contributed by atoms with Gasteiger partial charge in [-0.05, 0) is 18.4 Å². The van der Waals surface area contributed by atoms with E-state index in [4.69, 9.17) is 10.5 Å². The van der Waals surface area contributed by atoms with Crippen LogP contribution in [0.4, 0.5) is 0 Å². The Morgan fingerprint density at radius 2 is 1.95 bits per heavy atom. The maximum Gasteiger partial charge on any atom is 0.370 e. The third-order valence-electron chi connectivity index (χ3n) is 2.06. The topological polar surface area (TPSA) is 134 Å². The van der Waals surface area contributed by atoms with Crippen LogP contribution in [0.15, 0.2) is 24.3 Å². The highest BCUT2D eigenvalue weighted by molar-refractivity contribution is 8.13. The van der Waals surface area contributed by atoms with Crippen molar-refractivity contribution in [2.75, 3.05) is 6.26 Å². The molecule has 0 aromatic heterocycles. The molecule has 0 spiro atoms. The fourth-order valence-corrected chi connectivity index (χ4v) is 1.46. The van der Waals surface area contributed by atoms with Crippen LogP contribution in [0.1, 0.15) is 20.7 Å². The largest absolute Gasteiger partial charge is 0.478 e. The minimum absolute atomic E-state index is 0.133. The Hall–Kier alpha value is -2.62. The molecule has 0 aliphatic rings. The normalized spacial score (nSPS) is 9.65. The number of aromatic carboxylic acids is 1. The fourth-order valence-electron chi connectivity index (χ4n) is 1.20. The molecular weight excluding hydrogens is 290 g/mol. The molecule has 0 aliphatic carbocycles. The fraction of sp³-hybridized carbons (Fsp3) is 0.100. The van der Waals surface area contributed by atoms with Gasteiger partial charge in [0.15, 0.2) is 0 Å². The Kier molecular flexibility index (Phi) is 5.03. The number of carbonyl (C=O) groups excluding carboxylic acids is 1. The number of benzene rings is 1. The van der Waals surface area contributed by atoms with Crippen LogP contribution in [-0.2, 0) is 4.84 Å². The second kappa shape index (κ2) is 6.52. The van der Waals surface area contributed by atoms with E-state index in [1.807, 2.05) is 0 Å². The van der Waals surface area contributed by atoms with Crippen LogP contribution in [0.25, 0.3) is 0 Å². The molecule has 1 rings (SSSR count). The predicted octanol–water partition coefficient (Wildman–Crippen LogP) is 1.25. The third kappa shape index (κ3) is 3.45. The van der Waals surface area contributed by atoms with Crippen LogP contribution < -0.4 is 0 Å². The van der Waals surface area contributed by atoms with E-state index in [0.717, 1.165) is 12.1 Å². The Balaban J connectivity index is 3.04. The molecule has 0 aliphatic heterocycles. The molecule has 1 aromatic carbocycles. The van der Waals surface area contributed by atoms with E-state index in [1.165, 1.54) is 18.4 Å². The number of hydrogen-bond acceptors (Lipinski definition) is 7. The van der Waals surface area contributed by atoms with Crippen molar-refractivity contribution in [1.29, 1.82) is 5.41 Å². The maximum atomic E-state index is 11.8. The van der Waals surface area contributed by atoms with Crippen molar-refractivity contribution in [3.8, 4) is 0 Å². The van der Waals surface area contributed by atoms with E-state index in [2.05, 4.69) is 4.84 Å². The second-order valence-electron chi connectivity index (χ2n) is 3.25. The van der Waals surface area contributed by atoms with E-state index >= 15 is 0 Å². The first kappa shape index (κ1) is 15.4. The van der Waals surface area contributed by atoms with Crippen molar-refractivity contribution < 1.29 is 24.6 Å². The number of amidine groups is 1. The van der Waals surface area contributed by atoms with Gasteiger partial charge in [0, 0.05) is 0 Å². The van der Waals surface area contributed by atoms with E-state index < -0.39 is 22.1 Å². The molecule has 0 saturated heterocycles. The zero-order valence-corrected chi connectivity index (χ0v) is 10.9. The second-order valence-corrected chi connectivity index (χ2v) is 4.04. The average molecular weight is 299 g/mol. The smallest absolute Gasteiger partial charge is 0.370 e. The van der Waals surface area contributed by atoms with Crippen molar-refractivity contribution in [3.05, 3.63) is 45.5 Å². The summed E-state index contributed by atoms with van der Waals surface area (Å²) in [6, 6.07) is 5.11. The minimum Gasteiger partial charge on any atom is -0.478 e. The van der Waals surface area contributed by atoms with Gasteiger partial charge in [0.2, 0.25) is 5.03 Å². The molecule has 0 atom stereocenters. The highest BCUT2D eigenvalue weighted by Crippen LogP contribution is 2.13. The van der Waals surface area contributed by atoms with Gasteiger partial charge in [0.1, 0.15) is 5.17 Å². The lowest BCUT2D eigenvalue weighted by Crippen LogP contribution is -2.36. The summed E-state index contributed by atoms with van der Waals surface area (Å²) in [5, 5.41) is 25.0. The molecule has 0 saturated carbocycles. The lowest BCUT2D eigenvalue weighted by molar-refractivity contribution is -0.693. The van der Waals surface area contributed by atoms with Gasteiger partial charge in [-0.3, -0.25) is 10.2 Å². The molecule has 20 heavy (non-hydrogen) atoms. The zero-order valence-electron chi connectivity index (χ0n) is 10.1. The number of nitrogens with zero attached hydrogens (tertiary/aromatic N) is 2. The minimum atomic E-state index is -1.37. The molecule has 0 bridgehead atoms. The maximum absolute atomic E-state index is 11.8. The van der Waals surface area contributed by atoms with Gasteiger partial charge in [-0.2, -0.15) is 0 Å². The van der Waals surface area contributed by atoms with E-state index in [9.17, 15) is 19.7 Å². The van der Waals surface area contributed by atoms with E-state index in [1.54, 1.807) is 0 Å². The Labute approximate surface area is 116 Å².